The lowest BCUT2D eigenvalue weighted by molar-refractivity contribution is 0.0947. The number of nitrogens with zero attached hydrogens (tertiary/aromatic N) is 2. The lowest BCUT2D eigenvalue weighted by Gasteiger charge is -2.12. The number of hydrogen-bond acceptors (Lipinski definition) is 8. The molecule has 4 N–H and O–H groups in total. The van der Waals surface area contributed by atoms with E-state index in [1.54, 1.807) is 6.92 Å². The lowest BCUT2D eigenvalue weighted by atomic mass is 9.97. The van der Waals surface area contributed by atoms with Crippen molar-refractivity contribution in [3.63, 3.8) is 0 Å². The van der Waals surface area contributed by atoms with Gasteiger partial charge in [0.2, 0.25) is 0 Å². The van der Waals surface area contributed by atoms with Gasteiger partial charge in [0.05, 0.1) is 5.56 Å². The molecule has 0 saturated carbocycles. The van der Waals surface area contributed by atoms with Crippen LogP contribution in [0.25, 0.3) is 22.6 Å². The molecule has 0 aliphatic carbocycles. The first-order chi connectivity index (χ1) is 16.8. The van der Waals surface area contributed by atoms with Crippen molar-refractivity contribution >= 4 is 17.5 Å². The molecule has 0 radical (unpaired) electrons. The molecule has 35 heavy (non-hydrogen) atoms. The maximum atomic E-state index is 13.0. The van der Waals surface area contributed by atoms with Crippen LogP contribution in [0, 0.1) is 0 Å². The monoisotopic (exact) mass is 476 g/mol. The largest absolute Gasteiger partial charge is 0.508 e. The van der Waals surface area contributed by atoms with Crippen LogP contribution in [0.15, 0.2) is 57.6 Å². The minimum absolute atomic E-state index is 0.0318. The van der Waals surface area contributed by atoms with Gasteiger partial charge < -0.3 is 29.9 Å². The standard InChI is InChI=1S/C25H24N4O6/c1-4-26-25(33)22-21(23(35-29-22)16-10-15(13(2)3)18(30)12-19(16)31)27-24(32)17-11-20(34-28-17)14-8-6-5-7-9-14/h5-13,30-31H,4H2,1-3H3,(H,26,33)(H,27,32). The molecule has 0 aliphatic rings. The van der Waals surface area contributed by atoms with Gasteiger partial charge in [0.25, 0.3) is 11.8 Å². The van der Waals surface area contributed by atoms with Gasteiger partial charge in [0.1, 0.15) is 17.2 Å². The second-order valence-corrected chi connectivity index (χ2v) is 8.07. The Morgan fingerprint density at radius 2 is 1.71 bits per heavy atom. The predicted molar refractivity (Wildman–Crippen MR) is 127 cm³/mol. The highest BCUT2D eigenvalue weighted by Gasteiger charge is 2.28. The van der Waals surface area contributed by atoms with Crippen molar-refractivity contribution in [3.8, 4) is 34.1 Å². The van der Waals surface area contributed by atoms with Crippen LogP contribution < -0.4 is 10.6 Å². The van der Waals surface area contributed by atoms with Gasteiger partial charge in [-0.25, -0.2) is 0 Å². The van der Waals surface area contributed by atoms with E-state index in [4.69, 9.17) is 9.05 Å². The summed E-state index contributed by atoms with van der Waals surface area (Å²) >= 11 is 0. The number of rotatable bonds is 7. The first-order valence-corrected chi connectivity index (χ1v) is 11.0. The number of hydrogen-bond donors (Lipinski definition) is 4. The Kier molecular flexibility index (Phi) is 6.54. The van der Waals surface area contributed by atoms with Gasteiger partial charge >= 0.3 is 0 Å². The highest BCUT2D eigenvalue weighted by Crippen LogP contribution is 2.41. The van der Waals surface area contributed by atoms with E-state index in [0.717, 1.165) is 5.56 Å². The molecule has 180 valence electrons. The highest BCUT2D eigenvalue weighted by molar-refractivity contribution is 6.10. The maximum absolute atomic E-state index is 13.0. The summed E-state index contributed by atoms with van der Waals surface area (Å²) in [4.78, 5) is 25.7. The number of benzene rings is 2. The molecule has 2 aromatic carbocycles. The summed E-state index contributed by atoms with van der Waals surface area (Å²) in [5.41, 5.74) is 1.16. The molecule has 0 unspecified atom stereocenters. The molecule has 0 aliphatic heterocycles. The van der Waals surface area contributed by atoms with Crippen LogP contribution in [0.3, 0.4) is 0 Å². The van der Waals surface area contributed by atoms with Crippen LogP contribution >= 0.6 is 0 Å². The van der Waals surface area contributed by atoms with E-state index in [0.29, 0.717) is 17.9 Å². The van der Waals surface area contributed by atoms with Gasteiger partial charge in [0, 0.05) is 24.2 Å². The molecule has 10 heteroatoms. The van der Waals surface area contributed by atoms with Crippen LogP contribution in [0.1, 0.15) is 53.2 Å². The minimum atomic E-state index is -0.673. The van der Waals surface area contributed by atoms with Crippen LogP contribution in [0.4, 0.5) is 5.69 Å². The van der Waals surface area contributed by atoms with E-state index in [1.165, 1.54) is 18.2 Å². The van der Waals surface area contributed by atoms with E-state index in [1.807, 2.05) is 44.2 Å². The molecule has 4 rings (SSSR count). The zero-order valence-electron chi connectivity index (χ0n) is 19.3. The fourth-order valence-corrected chi connectivity index (χ4v) is 3.53. The summed E-state index contributed by atoms with van der Waals surface area (Å²) in [6, 6.07) is 13.3. The van der Waals surface area contributed by atoms with E-state index < -0.39 is 11.8 Å². The summed E-state index contributed by atoms with van der Waals surface area (Å²) in [5.74, 6) is -1.39. The molecule has 0 bridgehead atoms. The molecule has 2 amide bonds. The number of nitrogens with one attached hydrogen (secondary N) is 2. The molecule has 2 aromatic heterocycles. The van der Waals surface area contributed by atoms with Crippen LogP contribution in [0.2, 0.25) is 0 Å². The topological polar surface area (TPSA) is 151 Å². The zero-order valence-corrected chi connectivity index (χ0v) is 19.3. The fraction of sp³-hybridized carbons (Fsp3) is 0.200. The Balaban J connectivity index is 1.75. The number of anilines is 1. The van der Waals surface area contributed by atoms with Crippen molar-refractivity contribution < 1.29 is 28.8 Å². The SMILES string of the molecule is CCNC(=O)c1noc(-c2cc(C(C)C)c(O)cc2O)c1NC(=O)c1cc(-c2ccccc2)on1. The van der Waals surface area contributed by atoms with Crippen LogP contribution in [-0.2, 0) is 0 Å². The van der Waals surface area contributed by atoms with Gasteiger partial charge in [-0.15, -0.1) is 0 Å². The highest BCUT2D eigenvalue weighted by atomic mass is 16.5. The molecule has 0 spiro atoms. The first-order valence-electron chi connectivity index (χ1n) is 11.0. The van der Waals surface area contributed by atoms with Crippen molar-refractivity contribution in [1.82, 2.24) is 15.6 Å². The molecular weight excluding hydrogens is 452 g/mol. The van der Waals surface area contributed by atoms with E-state index in [9.17, 15) is 19.8 Å². The number of carbonyl (C=O) groups excluding carboxylic acids is 2. The Morgan fingerprint density at radius 1 is 0.971 bits per heavy atom. The number of phenols is 2. The molecule has 2 heterocycles. The van der Waals surface area contributed by atoms with Crippen molar-refractivity contribution in [3.05, 3.63) is 65.5 Å². The molecule has 0 saturated heterocycles. The molecular formula is C25H24N4O6. The van der Waals surface area contributed by atoms with E-state index in [2.05, 4.69) is 20.9 Å². The van der Waals surface area contributed by atoms with Gasteiger partial charge in [-0.2, -0.15) is 0 Å². The summed E-state index contributed by atoms with van der Waals surface area (Å²) < 4.78 is 10.7. The Morgan fingerprint density at radius 3 is 2.40 bits per heavy atom. The fourth-order valence-electron chi connectivity index (χ4n) is 3.53. The average molecular weight is 476 g/mol. The van der Waals surface area contributed by atoms with Gasteiger partial charge in [-0.05, 0) is 24.5 Å². The summed E-state index contributed by atoms with van der Waals surface area (Å²) in [6.07, 6.45) is 0. The number of amides is 2. The Bertz CT molecular complexity index is 1370. The van der Waals surface area contributed by atoms with Crippen molar-refractivity contribution in [2.24, 2.45) is 0 Å². The third-order valence-corrected chi connectivity index (χ3v) is 5.30. The molecule has 4 aromatic rings. The van der Waals surface area contributed by atoms with Gasteiger partial charge in [-0.1, -0.05) is 54.5 Å². The number of aromatic hydroxyl groups is 2. The summed E-state index contributed by atoms with van der Waals surface area (Å²) in [7, 11) is 0. The number of phenolic OH excluding ortho intramolecular Hbond substituents is 2. The van der Waals surface area contributed by atoms with Gasteiger partial charge in [-0.3, -0.25) is 9.59 Å². The third-order valence-electron chi connectivity index (χ3n) is 5.30. The third kappa shape index (κ3) is 4.72. The second-order valence-electron chi connectivity index (χ2n) is 8.07. The predicted octanol–water partition coefficient (Wildman–Crippen LogP) is 4.53. The molecule has 0 atom stereocenters. The molecule has 0 fully saturated rings. The van der Waals surface area contributed by atoms with Crippen LogP contribution in [-0.4, -0.2) is 38.9 Å². The number of carbonyl (C=O) groups is 2. The quantitative estimate of drug-likeness (QED) is 0.304. The smallest absolute Gasteiger partial charge is 0.278 e. The van der Waals surface area contributed by atoms with Crippen LogP contribution in [0.5, 0.6) is 11.5 Å². The van der Waals surface area contributed by atoms with Crippen molar-refractivity contribution in [2.75, 3.05) is 11.9 Å². The average Bonchev–Trinajstić information content (AvgIpc) is 3.48. The van der Waals surface area contributed by atoms with Gasteiger partial charge in [0.15, 0.2) is 22.9 Å². The normalized spacial score (nSPS) is 11.0. The lowest BCUT2D eigenvalue weighted by Crippen LogP contribution is -2.25. The van der Waals surface area contributed by atoms with Crippen molar-refractivity contribution in [1.29, 1.82) is 0 Å². The molecule has 10 nitrogen and oxygen atoms in total. The second kappa shape index (κ2) is 9.72. The van der Waals surface area contributed by atoms with Crippen molar-refractivity contribution in [2.45, 2.75) is 26.7 Å². The summed E-state index contributed by atoms with van der Waals surface area (Å²) in [5, 5.41) is 33.6. The Hall–Kier alpha value is -4.60. The zero-order chi connectivity index (χ0) is 25.1. The Labute approximate surface area is 200 Å². The van der Waals surface area contributed by atoms with E-state index >= 15 is 0 Å². The number of aromatic nitrogens is 2. The minimum Gasteiger partial charge on any atom is -0.508 e. The summed E-state index contributed by atoms with van der Waals surface area (Å²) in [6.45, 7) is 5.79. The maximum Gasteiger partial charge on any atom is 0.278 e. The van der Waals surface area contributed by atoms with E-state index in [-0.39, 0.29) is 45.8 Å². The first kappa shape index (κ1) is 23.6.